The highest BCUT2D eigenvalue weighted by atomic mass is 16.5. The number of aromatic nitrogens is 2. The van der Waals surface area contributed by atoms with Crippen LogP contribution < -0.4 is 10.6 Å². The Hall–Kier alpha value is -2.38. The molecule has 1 saturated carbocycles. The fraction of sp³-hybridized carbons (Fsp3) is 0.500. The van der Waals surface area contributed by atoms with Crippen LogP contribution in [0, 0.1) is 0 Å². The lowest BCUT2D eigenvalue weighted by atomic mass is 9.72. The van der Waals surface area contributed by atoms with Gasteiger partial charge in [-0.25, -0.2) is 4.79 Å². The van der Waals surface area contributed by atoms with E-state index in [1.165, 1.54) is 0 Å². The Bertz CT molecular complexity index is 818. The van der Waals surface area contributed by atoms with Crippen LogP contribution in [0.4, 0.5) is 10.5 Å². The van der Waals surface area contributed by atoms with Gasteiger partial charge in [-0.2, -0.15) is 5.10 Å². The van der Waals surface area contributed by atoms with Gasteiger partial charge < -0.3 is 15.4 Å². The maximum atomic E-state index is 12.3. The SMILES string of the molecule is O=C1Nc2ccccc2C2(CCCCC2OC2CN(Cc3ccn[nH]3)C2)N1. The summed E-state index contributed by atoms with van der Waals surface area (Å²) in [7, 11) is 0. The van der Waals surface area contributed by atoms with Crippen LogP contribution in [-0.4, -0.2) is 46.4 Å². The predicted molar refractivity (Wildman–Crippen MR) is 101 cm³/mol. The lowest BCUT2D eigenvalue weighted by molar-refractivity contribution is -0.134. The van der Waals surface area contributed by atoms with Crippen LogP contribution >= 0.6 is 0 Å². The van der Waals surface area contributed by atoms with Crippen molar-refractivity contribution in [2.24, 2.45) is 0 Å². The number of nitrogens with one attached hydrogen (secondary N) is 3. The number of para-hydroxylation sites is 1. The zero-order valence-corrected chi connectivity index (χ0v) is 15.3. The first kappa shape index (κ1) is 16.8. The second-order valence-electron chi connectivity index (χ2n) is 7.86. The molecule has 3 heterocycles. The van der Waals surface area contributed by atoms with Gasteiger partial charge in [-0.3, -0.25) is 10.00 Å². The second kappa shape index (κ2) is 6.65. The van der Waals surface area contributed by atoms with Crippen LogP contribution in [-0.2, 0) is 16.8 Å². The Kier molecular flexibility index (Phi) is 4.13. The van der Waals surface area contributed by atoms with Crippen molar-refractivity contribution in [2.75, 3.05) is 18.4 Å². The van der Waals surface area contributed by atoms with Gasteiger partial charge in [0.25, 0.3) is 0 Å². The molecule has 1 aromatic carbocycles. The number of likely N-dealkylation sites (tertiary alicyclic amines) is 1. The Morgan fingerprint density at radius 2 is 2.11 bits per heavy atom. The third kappa shape index (κ3) is 3.00. The van der Waals surface area contributed by atoms with Crippen LogP contribution in [0.15, 0.2) is 36.5 Å². The normalized spacial score (nSPS) is 28.3. The van der Waals surface area contributed by atoms with Crippen molar-refractivity contribution in [1.29, 1.82) is 0 Å². The Morgan fingerprint density at radius 1 is 1.22 bits per heavy atom. The van der Waals surface area contributed by atoms with Crippen LogP contribution in [0.25, 0.3) is 0 Å². The number of fused-ring (bicyclic) bond motifs is 2. The summed E-state index contributed by atoms with van der Waals surface area (Å²) >= 11 is 0. The van der Waals surface area contributed by atoms with E-state index in [1.807, 2.05) is 24.3 Å². The number of hydrogen-bond donors (Lipinski definition) is 3. The largest absolute Gasteiger partial charge is 0.370 e. The standard InChI is InChI=1S/C20H25N5O2/c26-19-22-17-6-2-1-5-16(17)20(23-19)9-4-3-7-18(20)27-15-12-25(13-15)11-14-8-10-21-24-14/h1-2,5-6,8,10,15,18H,3-4,7,9,11-13H2,(H,21,24)(H2,22,23,26). The monoisotopic (exact) mass is 367 g/mol. The molecule has 3 aliphatic rings. The Balaban J connectivity index is 1.31. The topological polar surface area (TPSA) is 82.3 Å². The number of amides is 2. The molecule has 2 atom stereocenters. The van der Waals surface area contributed by atoms with Gasteiger partial charge in [0.2, 0.25) is 0 Å². The van der Waals surface area contributed by atoms with Crippen LogP contribution in [0.5, 0.6) is 0 Å². The van der Waals surface area contributed by atoms with E-state index < -0.39 is 5.54 Å². The lowest BCUT2D eigenvalue weighted by Crippen LogP contribution is -2.63. The van der Waals surface area contributed by atoms with Crippen molar-refractivity contribution >= 4 is 11.7 Å². The minimum absolute atomic E-state index is 0.0118. The number of ether oxygens (including phenoxy) is 1. The summed E-state index contributed by atoms with van der Waals surface area (Å²) in [6, 6.07) is 9.99. The van der Waals surface area contributed by atoms with Gasteiger partial charge >= 0.3 is 6.03 Å². The van der Waals surface area contributed by atoms with Gasteiger partial charge in [-0.15, -0.1) is 0 Å². The van der Waals surface area contributed by atoms with E-state index in [-0.39, 0.29) is 18.2 Å². The van der Waals surface area contributed by atoms with Gasteiger partial charge in [0, 0.05) is 42.8 Å². The fourth-order valence-corrected chi connectivity index (χ4v) is 4.76. The number of nitrogens with zero attached hydrogens (tertiary/aromatic N) is 2. The maximum absolute atomic E-state index is 12.3. The molecule has 142 valence electrons. The molecule has 1 saturated heterocycles. The molecular weight excluding hydrogens is 342 g/mol. The zero-order chi connectivity index (χ0) is 18.3. The first-order chi connectivity index (χ1) is 13.2. The summed E-state index contributed by atoms with van der Waals surface area (Å²) in [5.74, 6) is 0. The average molecular weight is 367 g/mol. The molecule has 2 aromatic rings. The summed E-state index contributed by atoms with van der Waals surface area (Å²) in [5, 5.41) is 13.2. The van der Waals surface area contributed by atoms with Crippen molar-refractivity contribution < 1.29 is 9.53 Å². The minimum Gasteiger partial charge on any atom is -0.370 e. The summed E-state index contributed by atoms with van der Waals surface area (Å²) < 4.78 is 6.57. The van der Waals surface area contributed by atoms with Crippen molar-refractivity contribution in [3.63, 3.8) is 0 Å². The van der Waals surface area contributed by atoms with Gasteiger partial charge in [0.1, 0.15) is 0 Å². The van der Waals surface area contributed by atoms with Crippen molar-refractivity contribution in [3.05, 3.63) is 47.8 Å². The Labute approximate surface area is 158 Å². The summed E-state index contributed by atoms with van der Waals surface area (Å²) in [4.78, 5) is 14.7. The molecule has 2 amide bonds. The van der Waals surface area contributed by atoms with Crippen LogP contribution in [0.1, 0.15) is 36.9 Å². The molecule has 2 unspecified atom stereocenters. The van der Waals surface area contributed by atoms with E-state index in [9.17, 15) is 4.79 Å². The Morgan fingerprint density at radius 3 is 2.96 bits per heavy atom. The number of carbonyl (C=O) groups excluding carboxylic acids is 1. The fourth-order valence-electron chi connectivity index (χ4n) is 4.76. The van der Waals surface area contributed by atoms with Crippen LogP contribution in [0.3, 0.4) is 0 Å². The molecule has 0 radical (unpaired) electrons. The first-order valence-corrected chi connectivity index (χ1v) is 9.78. The van der Waals surface area contributed by atoms with E-state index in [0.29, 0.717) is 0 Å². The zero-order valence-electron chi connectivity index (χ0n) is 15.3. The number of aromatic amines is 1. The number of rotatable bonds is 4. The number of urea groups is 1. The molecule has 0 bridgehead atoms. The molecule has 5 rings (SSSR count). The summed E-state index contributed by atoms with van der Waals surface area (Å²) in [5.41, 5.74) is 2.78. The minimum atomic E-state index is -0.416. The van der Waals surface area contributed by atoms with E-state index in [1.54, 1.807) is 6.20 Å². The molecular formula is C20H25N5O2. The molecule has 2 fully saturated rings. The van der Waals surface area contributed by atoms with Gasteiger partial charge in [0.05, 0.1) is 17.7 Å². The number of H-pyrrole nitrogens is 1. The molecule has 1 aromatic heterocycles. The van der Waals surface area contributed by atoms with E-state index in [4.69, 9.17) is 4.74 Å². The molecule has 1 spiro atoms. The molecule has 1 aliphatic carbocycles. The van der Waals surface area contributed by atoms with E-state index in [0.717, 1.165) is 62.3 Å². The van der Waals surface area contributed by atoms with Gasteiger partial charge in [-0.05, 0) is 25.0 Å². The highest BCUT2D eigenvalue weighted by molar-refractivity contribution is 5.93. The van der Waals surface area contributed by atoms with Gasteiger partial charge in [-0.1, -0.05) is 31.0 Å². The third-order valence-corrected chi connectivity index (χ3v) is 6.06. The van der Waals surface area contributed by atoms with Gasteiger partial charge in [0.15, 0.2) is 0 Å². The number of benzene rings is 1. The van der Waals surface area contributed by atoms with Crippen LogP contribution in [0.2, 0.25) is 0 Å². The maximum Gasteiger partial charge on any atom is 0.320 e. The third-order valence-electron chi connectivity index (χ3n) is 6.06. The summed E-state index contributed by atoms with van der Waals surface area (Å²) in [6.07, 6.45) is 6.16. The lowest BCUT2D eigenvalue weighted by Gasteiger charge is -2.50. The number of carbonyl (C=O) groups is 1. The predicted octanol–water partition coefficient (Wildman–Crippen LogP) is 2.58. The number of hydrogen-bond acceptors (Lipinski definition) is 4. The van der Waals surface area contributed by atoms with E-state index >= 15 is 0 Å². The molecule has 2 aliphatic heterocycles. The average Bonchev–Trinajstić information content (AvgIpc) is 3.15. The van der Waals surface area contributed by atoms with E-state index in [2.05, 4.69) is 31.8 Å². The highest BCUT2D eigenvalue weighted by Crippen LogP contribution is 2.44. The molecule has 7 heteroatoms. The quantitative estimate of drug-likeness (QED) is 0.776. The number of anilines is 1. The molecule has 27 heavy (non-hydrogen) atoms. The molecule has 3 N–H and O–H groups in total. The highest BCUT2D eigenvalue weighted by Gasteiger charge is 2.49. The van der Waals surface area contributed by atoms with Crippen molar-refractivity contribution in [3.8, 4) is 0 Å². The second-order valence-corrected chi connectivity index (χ2v) is 7.86. The van der Waals surface area contributed by atoms with Crippen molar-refractivity contribution in [2.45, 2.75) is 50.0 Å². The smallest absolute Gasteiger partial charge is 0.320 e. The molecule has 7 nitrogen and oxygen atoms in total. The summed E-state index contributed by atoms with van der Waals surface area (Å²) in [6.45, 7) is 2.71. The van der Waals surface area contributed by atoms with Crippen molar-refractivity contribution in [1.82, 2.24) is 20.4 Å². The first-order valence-electron chi connectivity index (χ1n) is 9.78.